The summed E-state index contributed by atoms with van der Waals surface area (Å²) in [5, 5.41) is 18.5. The number of aromatic carboxylic acids is 1. The quantitative estimate of drug-likeness (QED) is 0.524. The molecule has 2 aromatic carbocycles. The van der Waals surface area contributed by atoms with E-state index in [1.54, 1.807) is 28.4 Å². The normalized spacial score (nSPS) is 15.5. The van der Waals surface area contributed by atoms with Gasteiger partial charge in [-0.3, -0.25) is 14.8 Å². The second-order valence-electron chi connectivity index (χ2n) is 6.67. The summed E-state index contributed by atoms with van der Waals surface area (Å²) in [6, 6.07) is 19.7. The first-order chi connectivity index (χ1) is 14.1. The first-order valence-electron chi connectivity index (χ1n) is 8.99. The van der Waals surface area contributed by atoms with Crippen LogP contribution in [0.1, 0.15) is 37.3 Å². The van der Waals surface area contributed by atoms with Crippen LogP contribution in [0.4, 0.5) is 5.69 Å². The van der Waals surface area contributed by atoms with Crippen molar-refractivity contribution in [3.8, 4) is 11.3 Å². The Labute approximate surface area is 170 Å². The average molecular weight is 401 g/mol. The molecule has 0 radical (unpaired) electrons. The number of anilines is 1. The van der Waals surface area contributed by atoms with E-state index in [2.05, 4.69) is 10.2 Å². The van der Waals surface area contributed by atoms with E-state index < -0.39 is 5.97 Å². The number of thiophene rings is 1. The SMILES string of the molecule is O=C(O)c1ccc(N2C(=O)c3[nH]nc(-c4ccccc4)c3C2c2cccs2)cc1. The van der Waals surface area contributed by atoms with Gasteiger partial charge in [0.25, 0.3) is 5.91 Å². The van der Waals surface area contributed by atoms with Crippen molar-refractivity contribution in [1.82, 2.24) is 10.2 Å². The standard InChI is InChI=1S/C22H15N3O3S/c26-21-19-17(18(23-24-19)13-5-2-1-3-6-13)20(16-7-4-12-29-16)25(21)15-10-8-14(9-11-15)22(27)28/h1-12,20H,(H,23,24)(H,27,28). The largest absolute Gasteiger partial charge is 0.478 e. The van der Waals surface area contributed by atoms with E-state index in [1.165, 1.54) is 12.1 Å². The van der Waals surface area contributed by atoms with Gasteiger partial charge in [0.1, 0.15) is 11.7 Å². The zero-order valence-corrected chi connectivity index (χ0v) is 15.9. The van der Waals surface area contributed by atoms with E-state index in [4.69, 9.17) is 0 Å². The molecule has 4 aromatic rings. The van der Waals surface area contributed by atoms with Gasteiger partial charge in [-0.25, -0.2) is 4.79 Å². The second kappa shape index (κ2) is 6.72. The van der Waals surface area contributed by atoms with Crippen molar-refractivity contribution in [2.75, 3.05) is 4.90 Å². The summed E-state index contributed by atoms with van der Waals surface area (Å²) in [6.45, 7) is 0. The van der Waals surface area contributed by atoms with Crippen molar-refractivity contribution >= 4 is 28.9 Å². The molecule has 29 heavy (non-hydrogen) atoms. The van der Waals surface area contributed by atoms with Gasteiger partial charge >= 0.3 is 5.97 Å². The monoisotopic (exact) mass is 401 g/mol. The first kappa shape index (κ1) is 17.4. The Morgan fingerprint density at radius 3 is 2.45 bits per heavy atom. The van der Waals surface area contributed by atoms with Gasteiger partial charge in [-0.15, -0.1) is 11.3 Å². The minimum Gasteiger partial charge on any atom is -0.478 e. The predicted octanol–water partition coefficient (Wildman–Crippen LogP) is 4.59. The summed E-state index contributed by atoms with van der Waals surface area (Å²) >= 11 is 1.57. The molecule has 5 rings (SSSR count). The molecular formula is C22H15N3O3S. The number of carboxylic acid groups (broad SMARTS) is 1. The molecule has 0 aliphatic carbocycles. The average Bonchev–Trinajstić information content (AvgIpc) is 3.47. The van der Waals surface area contributed by atoms with Gasteiger partial charge in [-0.2, -0.15) is 5.10 Å². The minimum absolute atomic E-state index is 0.179. The molecule has 0 spiro atoms. The van der Waals surface area contributed by atoms with Crippen LogP contribution in [0.2, 0.25) is 0 Å². The molecule has 1 unspecified atom stereocenters. The summed E-state index contributed by atoms with van der Waals surface area (Å²) in [7, 11) is 0. The summed E-state index contributed by atoms with van der Waals surface area (Å²) in [5.41, 5.74) is 3.80. The number of amides is 1. The predicted molar refractivity (Wildman–Crippen MR) is 110 cm³/mol. The van der Waals surface area contributed by atoms with E-state index in [1.807, 2.05) is 47.8 Å². The fourth-order valence-corrected chi connectivity index (χ4v) is 4.53. The number of fused-ring (bicyclic) bond motifs is 1. The number of carbonyl (C=O) groups is 2. The highest BCUT2D eigenvalue weighted by atomic mass is 32.1. The third-order valence-electron chi connectivity index (χ3n) is 5.02. The number of H-pyrrole nitrogens is 1. The maximum absolute atomic E-state index is 13.3. The van der Waals surface area contributed by atoms with Crippen LogP contribution in [0, 0.1) is 0 Å². The van der Waals surface area contributed by atoms with Gasteiger partial charge < -0.3 is 5.11 Å². The van der Waals surface area contributed by atoms with E-state index in [9.17, 15) is 14.7 Å². The number of hydrogen-bond acceptors (Lipinski definition) is 4. The zero-order chi connectivity index (χ0) is 20.0. The molecule has 1 aliphatic rings. The molecular weight excluding hydrogens is 386 g/mol. The van der Waals surface area contributed by atoms with Crippen molar-refractivity contribution in [2.45, 2.75) is 6.04 Å². The Hall–Kier alpha value is -3.71. The minimum atomic E-state index is -1.00. The summed E-state index contributed by atoms with van der Waals surface area (Å²) in [6.07, 6.45) is 0. The Morgan fingerprint density at radius 2 is 1.79 bits per heavy atom. The maximum Gasteiger partial charge on any atom is 0.335 e. The molecule has 1 aliphatic heterocycles. The lowest BCUT2D eigenvalue weighted by atomic mass is 10.0. The van der Waals surface area contributed by atoms with Crippen molar-refractivity contribution in [3.63, 3.8) is 0 Å². The number of aromatic amines is 1. The van der Waals surface area contributed by atoms with Gasteiger partial charge in [0, 0.05) is 21.7 Å². The fraction of sp³-hybridized carbons (Fsp3) is 0.0455. The lowest BCUT2D eigenvalue weighted by Gasteiger charge is -2.25. The van der Waals surface area contributed by atoms with Crippen molar-refractivity contribution in [3.05, 3.63) is 93.8 Å². The van der Waals surface area contributed by atoms with Crippen LogP contribution in [0.25, 0.3) is 11.3 Å². The molecule has 0 bridgehead atoms. The zero-order valence-electron chi connectivity index (χ0n) is 15.1. The second-order valence-corrected chi connectivity index (χ2v) is 7.65. The van der Waals surface area contributed by atoms with Crippen LogP contribution in [0.3, 0.4) is 0 Å². The lowest BCUT2D eigenvalue weighted by molar-refractivity contribution is 0.0696. The molecule has 1 amide bonds. The topological polar surface area (TPSA) is 86.3 Å². The van der Waals surface area contributed by atoms with E-state index in [-0.39, 0.29) is 17.5 Å². The van der Waals surface area contributed by atoms with Crippen molar-refractivity contribution < 1.29 is 14.7 Å². The van der Waals surface area contributed by atoms with Gasteiger partial charge in [-0.05, 0) is 35.7 Å². The Morgan fingerprint density at radius 1 is 1.03 bits per heavy atom. The maximum atomic E-state index is 13.3. The van der Waals surface area contributed by atoms with Crippen LogP contribution in [0.15, 0.2) is 72.1 Å². The molecule has 0 saturated heterocycles. The molecule has 142 valence electrons. The Kier molecular flexibility index (Phi) is 4.03. The molecule has 3 heterocycles. The van der Waals surface area contributed by atoms with Crippen molar-refractivity contribution in [1.29, 1.82) is 0 Å². The highest BCUT2D eigenvalue weighted by molar-refractivity contribution is 7.10. The highest BCUT2D eigenvalue weighted by Gasteiger charge is 2.43. The molecule has 1 atom stereocenters. The molecule has 0 saturated carbocycles. The van der Waals surface area contributed by atoms with Crippen LogP contribution in [-0.4, -0.2) is 27.2 Å². The van der Waals surface area contributed by atoms with Crippen LogP contribution < -0.4 is 4.90 Å². The number of aromatic nitrogens is 2. The van der Waals surface area contributed by atoms with E-state index in [0.717, 1.165) is 21.7 Å². The molecule has 2 aromatic heterocycles. The third kappa shape index (κ3) is 2.75. The lowest BCUT2D eigenvalue weighted by Crippen LogP contribution is -2.28. The first-order valence-corrected chi connectivity index (χ1v) is 9.87. The highest BCUT2D eigenvalue weighted by Crippen LogP contribution is 2.46. The summed E-state index contributed by atoms with van der Waals surface area (Å²) in [4.78, 5) is 27.2. The molecule has 0 fully saturated rings. The number of rotatable bonds is 4. The smallest absolute Gasteiger partial charge is 0.335 e. The van der Waals surface area contributed by atoms with Gasteiger partial charge in [-0.1, -0.05) is 36.4 Å². The molecule has 7 heteroatoms. The number of nitrogens with zero attached hydrogens (tertiary/aromatic N) is 2. The number of carbonyl (C=O) groups excluding carboxylic acids is 1. The van der Waals surface area contributed by atoms with Gasteiger partial charge in [0.05, 0.1) is 11.3 Å². The summed E-state index contributed by atoms with van der Waals surface area (Å²) < 4.78 is 0. The molecule has 2 N–H and O–H groups in total. The Bertz CT molecular complexity index is 1200. The van der Waals surface area contributed by atoms with E-state index in [0.29, 0.717) is 11.4 Å². The Balaban J connectivity index is 1.67. The number of benzene rings is 2. The van der Waals surface area contributed by atoms with Crippen LogP contribution in [0.5, 0.6) is 0 Å². The van der Waals surface area contributed by atoms with Crippen molar-refractivity contribution in [2.24, 2.45) is 0 Å². The van der Waals surface area contributed by atoms with Gasteiger partial charge in [0.15, 0.2) is 0 Å². The van der Waals surface area contributed by atoms with Crippen LogP contribution >= 0.6 is 11.3 Å². The number of nitrogens with one attached hydrogen (secondary N) is 1. The van der Waals surface area contributed by atoms with E-state index >= 15 is 0 Å². The third-order valence-corrected chi connectivity index (χ3v) is 5.95. The van der Waals surface area contributed by atoms with Gasteiger partial charge in [0.2, 0.25) is 0 Å². The summed E-state index contributed by atoms with van der Waals surface area (Å²) in [5.74, 6) is -1.18. The fourth-order valence-electron chi connectivity index (χ4n) is 3.71. The van der Waals surface area contributed by atoms with Crippen LogP contribution in [-0.2, 0) is 0 Å². The molecule has 6 nitrogen and oxygen atoms in total. The number of hydrogen-bond donors (Lipinski definition) is 2. The number of carboxylic acids is 1.